The molecule has 0 unspecified atom stereocenters. The maximum absolute atomic E-state index is 2.43. The van der Waals surface area contributed by atoms with Crippen LogP contribution in [-0.2, 0) is 0 Å². The molecule has 2 aromatic carbocycles. The van der Waals surface area contributed by atoms with Crippen molar-refractivity contribution in [2.75, 3.05) is 7.05 Å². The molecule has 2 aromatic rings. The standard InChI is InChI=1S/C18H23N/c1-14-10-8-9-13-18(14)16(3)19(4)15(2)17-11-6-5-7-12-17/h5-13,15-16H,1-4H3/t15-,16-/m0/s1. The van der Waals surface area contributed by atoms with Gasteiger partial charge in [0.1, 0.15) is 0 Å². The van der Waals surface area contributed by atoms with Crippen LogP contribution < -0.4 is 0 Å². The Labute approximate surface area is 116 Å². The van der Waals surface area contributed by atoms with Crippen molar-refractivity contribution in [3.63, 3.8) is 0 Å². The fourth-order valence-electron chi connectivity index (χ4n) is 2.58. The molecule has 0 radical (unpaired) electrons. The number of nitrogens with zero attached hydrogens (tertiary/aromatic N) is 1. The lowest BCUT2D eigenvalue weighted by Gasteiger charge is -2.32. The minimum Gasteiger partial charge on any atom is -0.293 e. The molecule has 0 aliphatic heterocycles. The van der Waals surface area contributed by atoms with Crippen LogP contribution in [-0.4, -0.2) is 11.9 Å². The van der Waals surface area contributed by atoms with E-state index in [-0.39, 0.29) is 0 Å². The van der Waals surface area contributed by atoms with Crippen LogP contribution in [0.25, 0.3) is 0 Å². The highest BCUT2D eigenvalue weighted by Crippen LogP contribution is 2.29. The maximum atomic E-state index is 2.43. The van der Waals surface area contributed by atoms with Crippen molar-refractivity contribution < 1.29 is 0 Å². The van der Waals surface area contributed by atoms with E-state index in [0.29, 0.717) is 12.1 Å². The molecule has 1 heteroatoms. The van der Waals surface area contributed by atoms with E-state index in [1.54, 1.807) is 0 Å². The van der Waals surface area contributed by atoms with Crippen LogP contribution in [0.4, 0.5) is 0 Å². The predicted molar refractivity (Wildman–Crippen MR) is 82.2 cm³/mol. The SMILES string of the molecule is Cc1ccccc1[C@H](C)N(C)[C@@H](C)c1ccccc1. The molecular weight excluding hydrogens is 230 g/mol. The lowest BCUT2D eigenvalue weighted by atomic mass is 9.99. The van der Waals surface area contributed by atoms with Gasteiger partial charge in [0.05, 0.1) is 0 Å². The summed E-state index contributed by atoms with van der Waals surface area (Å²) in [5, 5.41) is 0. The van der Waals surface area contributed by atoms with Gasteiger partial charge in [0.2, 0.25) is 0 Å². The van der Waals surface area contributed by atoms with E-state index >= 15 is 0 Å². The molecule has 0 fully saturated rings. The predicted octanol–water partition coefficient (Wildman–Crippen LogP) is 4.75. The lowest BCUT2D eigenvalue weighted by molar-refractivity contribution is 0.198. The van der Waals surface area contributed by atoms with E-state index in [0.717, 1.165) is 0 Å². The van der Waals surface area contributed by atoms with Gasteiger partial charge in [-0.1, -0.05) is 54.6 Å². The molecule has 0 saturated carbocycles. The first-order chi connectivity index (χ1) is 9.11. The molecule has 0 aliphatic rings. The average molecular weight is 253 g/mol. The zero-order chi connectivity index (χ0) is 13.8. The third-order valence-electron chi connectivity index (χ3n) is 4.14. The van der Waals surface area contributed by atoms with Gasteiger partial charge in [-0.2, -0.15) is 0 Å². The molecule has 0 saturated heterocycles. The number of benzene rings is 2. The van der Waals surface area contributed by atoms with Crippen LogP contribution in [0.5, 0.6) is 0 Å². The van der Waals surface area contributed by atoms with E-state index < -0.39 is 0 Å². The van der Waals surface area contributed by atoms with E-state index in [2.05, 4.69) is 87.3 Å². The van der Waals surface area contributed by atoms with Gasteiger partial charge >= 0.3 is 0 Å². The highest BCUT2D eigenvalue weighted by molar-refractivity contribution is 5.29. The molecule has 0 spiro atoms. The van der Waals surface area contributed by atoms with Gasteiger partial charge in [-0.15, -0.1) is 0 Å². The van der Waals surface area contributed by atoms with E-state index in [4.69, 9.17) is 0 Å². The summed E-state index contributed by atoms with van der Waals surface area (Å²) >= 11 is 0. The quantitative estimate of drug-likeness (QED) is 0.760. The smallest absolute Gasteiger partial charge is 0.0325 e. The first-order valence-corrected chi connectivity index (χ1v) is 6.93. The Morgan fingerprint density at radius 1 is 0.789 bits per heavy atom. The lowest BCUT2D eigenvalue weighted by Crippen LogP contribution is -2.26. The largest absolute Gasteiger partial charge is 0.293 e. The number of aryl methyl sites for hydroxylation is 1. The van der Waals surface area contributed by atoms with Gasteiger partial charge in [0.15, 0.2) is 0 Å². The Bertz CT molecular complexity index is 518. The van der Waals surface area contributed by atoms with E-state index in [1.165, 1.54) is 16.7 Å². The van der Waals surface area contributed by atoms with Crippen LogP contribution in [0.2, 0.25) is 0 Å². The molecule has 0 heterocycles. The van der Waals surface area contributed by atoms with Crippen LogP contribution in [0, 0.1) is 6.92 Å². The van der Waals surface area contributed by atoms with E-state index in [9.17, 15) is 0 Å². The third-order valence-corrected chi connectivity index (χ3v) is 4.14. The molecule has 2 rings (SSSR count). The minimum absolute atomic E-state index is 0.413. The van der Waals surface area contributed by atoms with Crippen molar-refractivity contribution in [3.05, 3.63) is 71.3 Å². The summed E-state index contributed by atoms with van der Waals surface area (Å²) in [7, 11) is 2.20. The second-order valence-corrected chi connectivity index (χ2v) is 5.28. The van der Waals surface area contributed by atoms with Crippen molar-refractivity contribution in [1.29, 1.82) is 0 Å². The Kier molecular flexibility index (Phi) is 4.39. The van der Waals surface area contributed by atoms with Gasteiger partial charge in [-0.25, -0.2) is 0 Å². The summed E-state index contributed by atoms with van der Waals surface area (Å²) in [5.74, 6) is 0. The molecule has 0 aliphatic carbocycles. The molecule has 19 heavy (non-hydrogen) atoms. The van der Waals surface area contributed by atoms with Crippen molar-refractivity contribution in [3.8, 4) is 0 Å². The molecule has 0 amide bonds. The molecule has 0 aromatic heterocycles. The molecule has 1 nitrogen and oxygen atoms in total. The topological polar surface area (TPSA) is 3.24 Å². The fraction of sp³-hybridized carbons (Fsp3) is 0.333. The number of rotatable bonds is 4. The van der Waals surface area contributed by atoms with Crippen LogP contribution in [0.3, 0.4) is 0 Å². The summed E-state index contributed by atoms with van der Waals surface area (Å²) < 4.78 is 0. The maximum Gasteiger partial charge on any atom is 0.0325 e. The molecule has 0 N–H and O–H groups in total. The first-order valence-electron chi connectivity index (χ1n) is 6.93. The van der Waals surface area contributed by atoms with Gasteiger partial charge in [0.25, 0.3) is 0 Å². The highest BCUT2D eigenvalue weighted by Gasteiger charge is 2.19. The van der Waals surface area contributed by atoms with Crippen molar-refractivity contribution in [2.45, 2.75) is 32.9 Å². The highest BCUT2D eigenvalue weighted by atomic mass is 15.1. The molecule has 100 valence electrons. The second kappa shape index (κ2) is 6.03. The van der Waals surface area contributed by atoms with Gasteiger partial charge in [-0.3, -0.25) is 4.90 Å². The number of hydrogen-bond acceptors (Lipinski definition) is 1. The number of hydrogen-bond donors (Lipinski definition) is 0. The summed E-state index contributed by atoms with van der Waals surface area (Å²) in [6.07, 6.45) is 0. The normalized spacial score (nSPS) is 14.4. The molecule has 0 bridgehead atoms. The summed E-state index contributed by atoms with van der Waals surface area (Å²) in [6.45, 7) is 6.73. The van der Waals surface area contributed by atoms with Crippen molar-refractivity contribution in [1.82, 2.24) is 4.90 Å². The van der Waals surface area contributed by atoms with Crippen molar-refractivity contribution >= 4 is 0 Å². The second-order valence-electron chi connectivity index (χ2n) is 5.28. The Morgan fingerprint density at radius 3 is 2.00 bits per heavy atom. The van der Waals surface area contributed by atoms with Gasteiger partial charge < -0.3 is 0 Å². The zero-order valence-electron chi connectivity index (χ0n) is 12.3. The molecule has 2 atom stereocenters. The van der Waals surface area contributed by atoms with Crippen LogP contribution >= 0.6 is 0 Å². The summed E-state index contributed by atoms with van der Waals surface area (Å²) in [6, 6.07) is 20.2. The van der Waals surface area contributed by atoms with Gasteiger partial charge in [-0.05, 0) is 44.5 Å². The van der Waals surface area contributed by atoms with Crippen molar-refractivity contribution in [2.24, 2.45) is 0 Å². The zero-order valence-corrected chi connectivity index (χ0v) is 12.3. The average Bonchev–Trinajstić information content (AvgIpc) is 2.46. The third kappa shape index (κ3) is 3.05. The Hall–Kier alpha value is -1.60. The summed E-state index contributed by atoms with van der Waals surface area (Å²) in [4.78, 5) is 2.43. The first kappa shape index (κ1) is 13.8. The minimum atomic E-state index is 0.413. The fourth-order valence-corrected chi connectivity index (χ4v) is 2.58. The molecular formula is C18H23N. The van der Waals surface area contributed by atoms with E-state index in [1.807, 2.05) is 0 Å². The van der Waals surface area contributed by atoms with Gasteiger partial charge in [0, 0.05) is 12.1 Å². The van der Waals surface area contributed by atoms with Crippen LogP contribution in [0.1, 0.15) is 42.6 Å². The monoisotopic (exact) mass is 253 g/mol. The van der Waals surface area contributed by atoms with Crippen LogP contribution in [0.15, 0.2) is 54.6 Å². The Morgan fingerprint density at radius 2 is 1.37 bits per heavy atom. The Balaban J connectivity index is 2.20. The summed E-state index contributed by atoms with van der Waals surface area (Å²) in [5.41, 5.74) is 4.14.